The van der Waals surface area contributed by atoms with E-state index in [1.165, 1.54) is 12.1 Å². The van der Waals surface area contributed by atoms with Gasteiger partial charge < -0.3 is 14.5 Å². The number of benzene rings is 1. The fraction of sp³-hybridized carbons (Fsp3) is 0.455. The summed E-state index contributed by atoms with van der Waals surface area (Å²) in [6, 6.07) is 12.0. The number of hydrogen-bond acceptors (Lipinski definition) is 6. The fourth-order valence-electron chi connectivity index (χ4n) is 4.29. The summed E-state index contributed by atoms with van der Waals surface area (Å²) >= 11 is 0.858. The molecule has 4 rings (SSSR count). The Labute approximate surface area is 184 Å². The van der Waals surface area contributed by atoms with Crippen LogP contribution in [0, 0.1) is 16.0 Å². The topological polar surface area (TPSA) is 93.0 Å². The molecule has 3 heterocycles. The van der Waals surface area contributed by atoms with E-state index < -0.39 is 11.0 Å². The molecule has 31 heavy (non-hydrogen) atoms. The van der Waals surface area contributed by atoms with E-state index in [-0.39, 0.29) is 22.7 Å². The standard InChI is InChI=1S/C22H25N3O5S/c26-21(23-12-4-6-16(14-23)15-30-17-7-2-1-3-8-17)18-9-5-13-24(18)22(27)19-10-11-20(31-19)25(28)29/h1-3,7-8,10-11,16,18H,4-6,9,12-15H2. The molecule has 2 amide bonds. The van der Waals surface area contributed by atoms with Crippen LogP contribution in [0.4, 0.5) is 5.00 Å². The van der Waals surface area contributed by atoms with Crippen molar-refractivity contribution in [3.8, 4) is 5.75 Å². The first-order chi connectivity index (χ1) is 15.0. The highest BCUT2D eigenvalue weighted by molar-refractivity contribution is 7.17. The number of carbonyl (C=O) groups is 2. The van der Waals surface area contributed by atoms with Gasteiger partial charge in [0.25, 0.3) is 5.91 Å². The van der Waals surface area contributed by atoms with Gasteiger partial charge in [0.15, 0.2) is 0 Å². The molecule has 2 atom stereocenters. The number of hydrogen-bond donors (Lipinski definition) is 0. The third-order valence-corrected chi connectivity index (χ3v) is 6.87. The smallest absolute Gasteiger partial charge is 0.324 e. The molecule has 0 spiro atoms. The molecule has 1 aromatic carbocycles. The van der Waals surface area contributed by atoms with Crippen LogP contribution in [0.1, 0.15) is 35.4 Å². The van der Waals surface area contributed by atoms with Crippen LogP contribution in [0.2, 0.25) is 0 Å². The molecule has 1 aromatic heterocycles. The fourth-order valence-corrected chi connectivity index (χ4v) is 5.07. The number of rotatable bonds is 6. The summed E-state index contributed by atoms with van der Waals surface area (Å²) in [7, 11) is 0. The van der Waals surface area contributed by atoms with Crippen molar-refractivity contribution in [3.05, 3.63) is 57.5 Å². The van der Waals surface area contributed by atoms with Crippen LogP contribution >= 0.6 is 11.3 Å². The molecule has 2 unspecified atom stereocenters. The highest BCUT2D eigenvalue weighted by Crippen LogP contribution is 2.29. The van der Waals surface area contributed by atoms with E-state index in [1.807, 2.05) is 35.2 Å². The van der Waals surface area contributed by atoms with Gasteiger partial charge in [0, 0.05) is 31.6 Å². The van der Waals surface area contributed by atoms with E-state index in [0.29, 0.717) is 37.5 Å². The monoisotopic (exact) mass is 443 g/mol. The Balaban J connectivity index is 1.37. The summed E-state index contributed by atoms with van der Waals surface area (Å²) in [5, 5.41) is 10.9. The number of carbonyl (C=O) groups excluding carboxylic acids is 2. The number of nitro groups is 1. The summed E-state index contributed by atoms with van der Waals surface area (Å²) in [6.45, 7) is 2.35. The molecule has 8 nitrogen and oxygen atoms in total. The molecule has 0 aliphatic carbocycles. The van der Waals surface area contributed by atoms with Gasteiger partial charge in [-0.05, 0) is 43.9 Å². The lowest BCUT2D eigenvalue weighted by Crippen LogP contribution is -2.51. The Morgan fingerprint density at radius 2 is 1.87 bits per heavy atom. The lowest BCUT2D eigenvalue weighted by atomic mass is 9.98. The molecule has 2 aliphatic heterocycles. The van der Waals surface area contributed by atoms with Crippen molar-refractivity contribution in [2.45, 2.75) is 31.7 Å². The van der Waals surface area contributed by atoms with Gasteiger partial charge in [-0.3, -0.25) is 19.7 Å². The molecule has 2 aromatic rings. The van der Waals surface area contributed by atoms with E-state index >= 15 is 0 Å². The Kier molecular flexibility index (Phi) is 6.50. The maximum Gasteiger partial charge on any atom is 0.324 e. The number of ether oxygens (including phenoxy) is 1. The van der Waals surface area contributed by atoms with Gasteiger partial charge >= 0.3 is 5.00 Å². The minimum Gasteiger partial charge on any atom is -0.493 e. The van der Waals surface area contributed by atoms with Crippen molar-refractivity contribution >= 4 is 28.2 Å². The Morgan fingerprint density at radius 3 is 2.61 bits per heavy atom. The van der Waals surface area contributed by atoms with Gasteiger partial charge in [0.2, 0.25) is 5.91 Å². The first-order valence-electron chi connectivity index (χ1n) is 10.5. The van der Waals surface area contributed by atoms with Crippen molar-refractivity contribution in [2.75, 3.05) is 26.2 Å². The Bertz CT molecular complexity index is 948. The van der Waals surface area contributed by atoms with Gasteiger partial charge in [-0.2, -0.15) is 0 Å². The van der Waals surface area contributed by atoms with Crippen LogP contribution in [0.5, 0.6) is 5.75 Å². The van der Waals surface area contributed by atoms with E-state index in [2.05, 4.69) is 0 Å². The molecule has 9 heteroatoms. The molecule has 0 bridgehead atoms. The molecule has 164 valence electrons. The minimum atomic E-state index is -0.501. The van der Waals surface area contributed by atoms with E-state index in [9.17, 15) is 19.7 Å². The predicted octanol–water partition coefficient (Wildman–Crippen LogP) is 3.58. The third-order valence-electron chi connectivity index (χ3n) is 5.84. The van der Waals surface area contributed by atoms with Crippen LogP contribution in [0.15, 0.2) is 42.5 Å². The van der Waals surface area contributed by atoms with E-state index in [0.717, 1.165) is 36.3 Å². The van der Waals surface area contributed by atoms with Crippen molar-refractivity contribution < 1.29 is 19.2 Å². The van der Waals surface area contributed by atoms with Crippen molar-refractivity contribution in [2.24, 2.45) is 5.92 Å². The molecule has 2 aliphatic rings. The van der Waals surface area contributed by atoms with Crippen LogP contribution in [-0.2, 0) is 4.79 Å². The maximum absolute atomic E-state index is 13.3. The minimum absolute atomic E-state index is 0.0266. The lowest BCUT2D eigenvalue weighted by molar-refractivity contribution is -0.380. The molecule has 2 fully saturated rings. The quantitative estimate of drug-likeness (QED) is 0.503. The zero-order chi connectivity index (χ0) is 21.8. The third kappa shape index (κ3) is 4.87. The largest absolute Gasteiger partial charge is 0.493 e. The zero-order valence-electron chi connectivity index (χ0n) is 17.1. The number of piperidine rings is 1. The summed E-state index contributed by atoms with van der Waals surface area (Å²) in [5.41, 5.74) is 0. The van der Waals surface area contributed by atoms with Gasteiger partial charge in [-0.1, -0.05) is 29.5 Å². The summed E-state index contributed by atoms with van der Waals surface area (Å²) in [5.74, 6) is 0.753. The second-order valence-electron chi connectivity index (χ2n) is 7.97. The van der Waals surface area contributed by atoms with Crippen LogP contribution in [-0.4, -0.2) is 58.8 Å². The normalized spacial score (nSPS) is 21.2. The van der Waals surface area contributed by atoms with E-state index in [1.54, 1.807) is 4.90 Å². The highest BCUT2D eigenvalue weighted by atomic mass is 32.1. The van der Waals surface area contributed by atoms with Crippen LogP contribution in [0.3, 0.4) is 0 Å². The van der Waals surface area contributed by atoms with Crippen molar-refractivity contribution in [1.29, 1.82) is 0 Å². The van der Waals surface area contributed by atoms with Crippen LogP contribution < -0.4 is 4.74 Å². The average molecular weight is 444 g/mol. The molecule has 0 N–H and O–H groups in total. The maximum atomic E-state index is 13.3. The number of amides is 2. The van der Waals surface area contributed by atoms with Gasteiger partial charge in [0.1, 0.15) is 11.8 Å². The molecule has 2 saturated heterocycles. The van der Waals surface area contributed by atoms with Crippen molar-refractivity contribution in [1.82, 2.24) is 9.80 Å². The Morgan fingerprint density at radius 1 is 1.10 bits per heavy atom. The SMILES string of the molecule is O=C(C1CCCN1C(=O)c1ccc([N+](=O)[O-])s1)N1CCCC(COc2ccccc2)C1. The number of nitrogens with zero attached hydrogens (tertiary/aromatic N) is 3. The van der Waals surface area contributed by atoms with Crippen LogP contribution in [0.25, 0.3) is 0 Å². The van der Waals surface area contributed by atoms with Crippen molar-refractivity contribution in [3.63, 3.8) is 0 Å². The molecular weight excluding hydrogens is 418 g/mol. The molecule has 0 radical (unpaired) electrons. The summed E-state index contributed by atoms with van der Waals surface area (Å²) in [4.78, 5) is 40.4. The predicted molar refractivity (Wildman–Crippen MR) is 116 cm³/mol. The number of thiophene rings is 1. The number of likely N-dealkylation sites (tertiary alicyclic amines) is 2. The Hall–Kier alpha value is -2.94. The zero-order valence-corrected chi connectivity index (χ0v) is 18.0. The lowest BCUT2D eigenvalue weighted by Gasteiger charge is -2.36. The molecule has 0 saturated carbocycles. The first kappa shape index (κ1) is 21.3. The van der Waals surface area contributed by atoms with Gasteiger partial charge in [-0.15, -0.1) is 0 Å². The summed E-state index contributed by atoms with van der Waals surface area (Å²) in [6.07, 6.45) is 3.29. The van der Waals surface area contributed by atoms with Gasteiger partial charge in [-0.25, -0.2) is 0 Å². The highest BCUT2D eigenvalue weighted by Gasteiger charge is 2.38. The summed E-state index contributed by atoms with van der Waals surface area (Å²) < 4.78 is 5.88. The average Bonchev–Trinajstić information content (AvgIpc) is 3.48. The number of para-hydroxylation sites is 1. The first-order valence-corrected chi connectivity index (χ1v) is 11.4. The second-order valence-corrected chi connectivity index (χ2v) is 9.03. The van der Waals surface area contributed by atoms with Gasteiger partial charge in [0.05, 0.1) is 16.4 Å². The second kappa shape index (κ2) is 9.47. The molecular formula is C22H25N3O5S. The van der Waals surface area contributed by atoms with E-state index in [4.69, 9.17) is 4.74 Å².